The van der Waals surface area contributed by atoms with E-state index >= 15 is 0 Å². The van der Waals surface area contributed by atoms with Crippen LogP contribution < -0.4 is 5.73 Å². The number of amides is 1. The number of aromatic nitrogens is 2. The molecule has 5 rings (SSSR count). The monoisotopic (exact) mass is 394 g/mol. The van der Waals surface area contributed by atoms with E-state index in [-0.39, 0.29) is 23.9 Å². The molecule has 0 spiro atoms. The van der Waals surface area contributed by atoms with Crippen molar-refractivity contribution in [3.05, 3.63) is 65.6 Å². The van der Waals surface area contributed by atoms with Crippen LogP contribution in [-0.2, 0) is 11.3 Å². The van der Waals surface area contributed by atoms with E-state index in [2.05, 4.69) is 10.00 Å². The highest BCUT2D eigenvalue weighted by atomic mass is 19.1. The molecule has 1 aromatic heterocycles. The first-order valence-electron chi connectivity index (χ1n) is 9.95. The molecule has 2 aliphatic rings. The third-order valence-electron chi connectivity index (χ3n) is 6.12. The fourth-order valence-corrected chi connectivity index (χ4v) is 4.77. The number of fused-ring (bicyclic) bond motifs is 3. The van der Waals surface area contributed by atoms with Crippen molar-refractivity contribution in [3.63, 3.8) is 0 Å². The second-order valence-electron chi connectivity index (χ2n) is 7.94. The number of halogens is 1. The minimum Gasteiger partial charge on any atom is -0.378 e. The topological polar surface area (TPSA) is 73.4 Å². The van der Waals surface area contributed by atoms with Crippen LogP contribution in [0, 0.1) is 5.82 Å². The molecule has 2 bridgehead atoms. The third-order valence-corrected chi connectivity index (χ3v) is 6.12. The van der Waals surface area contributed by atoms with Crippen LogP contribution in [0.2, 0.25) is 0 Å². The van der Waals surface area contributed by atoms with Gasteiger partial charge in [-0.05, 0) is 36.6 Å². The Morgan fingerprint density at radius 2 is 1.76 bits per heavy atom. The molecule has 2 atom stereocenters. The zero-order chi connectivity index (χ0) is 20.0. The van der Waals surface area contributed by atoms with Crippen LogP contribution in [0.3, 0.4) is 0 Å². The van der Waals surface area contributed by atoms with Crippen LogP contribution in [0.1, 0.15) is 34.9 Å². The average Bonchev–Trinajstić information content (AvgIpc) is 3.09. The molecule has 2 aliphatic heterocycles. The number of primary amides is 1. The number of ether oxygens (including phenoxy) is 1. The average molecular weight is 394 g/mol. The summed E-state index contributed by atoms with van der Waals surface area (Å²) in [4.78, 5) is 14.3. The van der Waals surface area contributed by atoms with Gasteiger partial charge in [0, 0.05) is 24.0 Å². The molecule has 2 saturated heterocycles. The standard InChI is InChI=1S/C22H23FN4O2/c23-15-7-5-14(6-8-15)11-26-17-9-16(10-18(26)13-29-12-17)27-20-4-2-1-3-19(20)21(25-27)22(24)28/h1-8,16-18H,9-13H2,(H2,24,28). The summed E-state index contributed by atoms with van der Waals surface area (Å²) >= 11 is 0. The molecule has 150 valence electrons. The first-order chi connectivity index (χ1) is 14.1. The summed E-state index contributed by atoms with van der Waals surface area (Å²) in [5.41, 5.74) is 7.93. The predicted molar refractivity (Wildman–Crippen MR) is 107 cm³/mol. The number of para-hydroxylation sites is 1. The summed E-state index contributed by atoms with van der Waals surface area (Å²) in [6, 6.07) is 15.1. The lowest BCUT2D eigenvalue weighted by Gasteiger charge is -2.48. The maximum Gasteiger partial charge on any atom is 0.269 e. The number of carbonyl (C=O) groups excluding carboxylic acids is 1. The summed E-state index contributed by atoms with van der Waals surface area (Å²) in [5, 5.41) is 5.40. The fourth-order valence-electron chi connectivity index (χ4n) is 4.77. The van der Waals surface area contributed by atoms with Crippen molar-refractivity contribution in [2.24, 2.45) is 5.73 Å². The highest BCUT2D eigenvalue weighted by Gasteiger charge is 2.40. The summed E-state index contributed by atoms with van der Waals surface area (Å²) in [5.74, 6) is -0.718. The van der Waals surface area contributed by atoms with Crippen molar-refractivity contribution < 1.29 is 13.9 Å². The van der Waals surface area contributed by atoms with Crippen molar-refractivity contribution in [1.82, 2.24) is 14.7 Å². The Bertz CT molecular complexity index is 1030. The molecule has 3 heterocycles. The minimum atomic E-state index is -0.503. The van der Waals surface area contributed by atoms with Gasteiger partial charge in [-0.2, -0.15) is 5.10 Å². The largest absolute Gasteiger partial charge is 0.378 e. The molecule has 1 amide bonds. The van der Waals surface area contributed by atoms with E-state index < -0.39 is 5.91 Å². The lowest BCUT2D eigenvalue weighted by molar-refractivity contribution is -0.0902. The van der Waals surface area contributed by atoms with Crippen molar-refractivity contribution >= 4 is 16.8 Å². The summed E-state index contributed by atoms with van der Waals surface area (Å²) in [6.07, 6.45) is 1.75. The summed E-state index contributed by atoms with van der Waals surface area (Å²) in [6.45, 7) is 2.10. The number of piperidine rings is 1. The Morgan fingerprint density at radius 1 is 1.07 bits per heavy atom. The number of benzene rings is 2. The van der Waals surface area contributed by atoms with Gasteiger partial charge in [-0.15, -0.1) is 0 Å². The number of hydrogen-bond acceptors (Lipinski definition) is 4. The van der Waals surface area contributed by atoms with Gasteiger partial charge in [0.05, 0.1) is 24.8 Å². The highest BCUT2D eigenvalue weighted by molar-refractivity contribution is 6.04. The molecule has 0 saturated carbocycles. The van der Waals surface area contributed by atoms with Gasteiger partial charge in [0.15, 0.2) is 5.69 Å². The molecule has 3 aromatic rings. The highest BCUT2D eigenvalue weighted by Crippen LogP contribution is 2.37. The smallest absolute Gasteiger partial charge is 0.269 e. The normalized spacial score (nSPS) is 24.7. The Labute approximate surface area is 168 Å². The quantitative estimate of drug-likeness (QED) is 0.739. The number of nitrogens with zero attached hydrogens (tertiary/aromatic N) is 3. The molecule has 7 heteroatoms. The minimum absolute atomic E-state index is 0.177. The summed E-state index contributed by atoms with van der Waals surface area (Å²) in [7, 11) is 0. The maximum atomic E-state index is 13.2. The first kappa shape index (κ1) is 18.3. The summed E-state index contributed by atoms with van der Waals surface area (Å²) < 4.78 is 21.1. The lowest BCUT2D eigenvalue weighted by Crippen LogP contribution is -2.56. The van der Waals surface area contributed by atoms with Crippen LogP contribution in [-0.4, -0.2) is 45.9 Å². The van der Waals surface area contributed by atoms with E-state index in [4.69, 9.17) is 10.5 Å². The van der Waals surface area contributed by atoms with Gasteiger partial charge in [-0.3, -0.25) is 14.4 Å². The Kier molecular flexibility index (Phi) is 4.56. The molecule has 2 N–H and O–H groups in total. The lowest BCUT2D eigenvalue weighted by atomic mass is 9.89. The second-order valence-corrected chi connectivity index (χ2v) is 7.94. The van der Waals surface area contributed by atoms with Gasteiger partial charge < -0.3 is 10.5 Å². The van der Waals surface area contributed by atoms with Gasteiger partial charge in [-0.1, -0.05) is 30.3 Å². The molecule has 0 radical (unpaired) electrons. The third kappa shape index (κ3) is 3.30. The number of hydrogen-bond donors (Lipinski definition) is 1. The zero-order valence-corrected chi connectivity index (χ0v) is 16.0. The van der Waals surface area contributed by atoms with Crippen LogP contribution in [0.5, 0.6) is 0 Å². The molecule has 29 heavy (non-hydrogen) atoms. The number of nitrogens with two attached hydrogens (primary N) is 1. The number of rotatable bonds is 4. The van der Waals surface area contributed by atoms with Gasteiger partial charge in [0.1, 0.15) is 5.82 Å². The van der Waals surface area contributed by atoms with Crippen molar-refractivity contribution in [3.8, 4) is 0 Å². The van der Waals surface area contributed by atoms with Crippen molar-refractivity contribution in [2.45, 2.75) is 37.5 Å². The van der Waals surface area contributed by atoms with E-state index in [9.17, 15) is 9.18 Å². The van der Waals surface area contributed by atoms with Crippen LogP contribution in [0.25, 0.3) is 10.9 Å². The van der Waals surface area contributed by atoms with Crippen molar-refractivity contribution in [2.75, 3.05) is 13.2 Å². The predicted octanol–water partition coefficient (Wildman–Crippen LogP) is 2.88. The van der Waals surface area contributed by atoms with Crippen molar-refractivity contribution in [1.29, 1.82) is 0 Å². The number of carbonyl (C=O) groups is 1. The van der Waals surface area contributed by atoms with E-state index in [0.717, 1.165) is 35.9 Å². The Balaban J connectivity index is 1.43. The van der Waals surface area contributed by atoms with Gasteiger partial charge in [0.2, 0.25) is 0 Å². The van der Waals surface area contributed by atoms with E-state index in [1.165, 1.54) is 12.1 Å². The van der Waals surface area contributed by atoms with Gasteiger partial charge >= 0.3 is 0 Å². The van der Waals surface area contributed by atoms with Gasteiger partial charge in [0.25, 0.3) is 5.91 Å². The molecular weight excluding hydrogens is 371 g/mol. The molecule has 2 aromatic carbocycles. The Morgan fingerprint density at radius 3 is 2.45 bits per heavy atom. The second kappa shape index (κ2) is 7.24. The Hall–Kier alpha value is -2.77. The number of morpholine rings is 1. The van der Waals surface area contributed by atoms with Crippen LogP contribution in [0.15, 0.2) is 48.5 Å². The van der Waals surface area contributed by atoms with Crippen LogP contribution >= 0.6 is 0 Å². The molecule has 6 nitrogen and oxygen atoms in total. The SMILES string of the molecule is NC(=O)c1nn(C2CC3COCC(C2)N3Cc2ccc(F)cc2)c2ccccc12. The molecule has 2 unspecified atom stereocenters. The first-order valence-corrected chi connectivity index (χ1v) is 9.95. The van der Waals surface area contributed by atoms with E-state index in [0.29, 0.717) is 18.9 Å². The van der Waals surface area contributed by atoms with E-state index in [1.54, 1.807) is 0 Å². The molecule has 0 aliphatic carbocycles. The maximum absolute atomic E-state index is 13.2. The zero-order valence-electron chi connectivity index (χ0n) is 16.0. The molecular formula is C22H23FN4O2. The molecule has 2 fully saturated rings. The van der Waals surface area contributed by atoms with Gasteiger partial charge in [-0.25, -0.2) is 4.39 Å². The van der Waals surface area contributed by atoms with Crippen LogP contribution in [0.4, 0.5) is 4.39 Å². The fraction of sp³-hybridized carbons (Fsp3) is 0.364. The van der Waals surface area contributed by atoms with E-state index in [1.807, 2.05) is 41.1 Å².